The van der Waals surface area contributed by atoms with E-state index in [9.17, 15) is 0 Å². The fourth-order valence-corrected chi connectivity index (χ4v) is 2.43. The van der Waals surface area contributed by atoms with E-state index in [1.54, 1.807) is 0 Å². The van der Waals surface area contributed by atoms with Gasteiger partial charge in [-0.3, -0.25) is 0 Å². The molecule has 2 saturated heterocycles. The number of piperazine rings is 1. The van der Waals surface area contributed by atoms with Gasteiger partial charge < -0.3 is 15.0 Å². The lowest BCUT2D eigenvalue weighted by atomic mass is 9.82. The molecular weight excluding hydrogens is 176 g/mol. The molecule has 2 aliphatic rings. The molecule has 0 amide bonds. The minimum absolute atomic E-state index is 0.510. The van der Waals surface area contributed by atoms with Crippen molar-refractivity contribution in [1.82, 2.24) is 10.2 Å². The Morgan fingerprint density at radius 3 is 2.50 bits per heavy atom. The van der Waals surface area contributed by atoms with Crippen molar-refractivity contribution in [2.24, 2.45) is 5.41 Å². The van der Waals surface area contributed by atoms with E-state index < -0.39 is 0 Å². The predicted molar refractivity (Wildman–Crippen MR) is 57.5 cm³/mol. The smallest absolute Gasteiger partial charge is 0.0471 e. The molecular formula is C11H22N2O. The largest absolute Gasteiger partial charge is 0.381 e. The van der Waals surface area contributed by atoms with Gasteiger partial charge in [-0.25, -0.2) is 0 Å². The number of nitrogens with one attached hydrogen (secondary N) is 1. The van der Waals surface area contributed by atoms with Gasteiger partial charge >= 0.3 is 0 Å². The number of ether oxygens (including phenoxy) is 1. The average molecular weight is 198 g/mol. The van der Waals surface area contributed by atoms with Crippen molar-refractivity contribution >= 4 is 0 Å². The van der Waals surface area contributed by atoms with Gasteiger partial charge in [-0.15, -0.1) is 0 Å². The summed E-state index contributed by atoms with van der Waals surface area (Å²) in [6, 6.07) is 0. The molecule has 0 atom stereocenters. The van der Waals surface area contributed by atoms with Gasteiger partial charge in [0, 0.05) is 45.9 Å². The highest BCUT2D eigenvalue weighted by atomic mass is 16.5. The average Bonchev–Trinajstić information content (AvgIpc) is 2.19. The molecule has 0 spiro atoms. The topological polar surface area (TPSA) is 24.5 Å². The van der Waals surface area contributed by atoms with Crippen LogP contribution in [0, 0.1) is 5.41 Å². The lowest BCUT2D eigenvalue weighted by molar-refractivity contribution is 0.00335. The molecule has 0 bridgehead atoms. The SMILES string of the molecule is CC1(CN2CCNCC2)CCOCC1. The summed E-state index contributed by atoms with van der Waals surface area (Å²) in [7, 11) is 0. The Balaban J connectivity index is 1.81. The van der Waals surface area contributed by atoms with Crippen molar-refractivity contribution in [3.05, 3.63) is 0 Å². The molecule has 2 heterocycles. The number of hydrogen-bond acceptors (Lipinski definition) is 3. The minimum atomic E-state index is 0.510. The van der Waals surface area contributed by atoms with Crippen molar-refractivity contribution in [1.29, 1.82) is 0 Å². The highest BCUT2D eigenvalue weighted by Gasteiger charge is 2.29. The van der Waals surface area contributed by atoms with E-state index in [0.717, 1.165) is 26.3 Å². The molecule has 0 unspecified atom stereocenters. The van der Waals surface area contributed by atoms with Gasteiger partial charge in [-0.2, -0.15) is 0 Å². The molecule has 0 aliphatic carbocycles. The molecule has 0 aromatic heterocycles. The monoisotopic (exact) mass is 198 g/mol. The maximum absolute atomic E-state index is 5.42. The summed E-state index contributed by atoms with van der Waals surface area (Å²) < 4.78 is 5.42. The fourth-order valence-electron chi connectivity index (χ4n) is 2.43. The van der Waals surface area contributed by atoms with Crippen LogP contribution in [0.3, 0.4) is 0 Å². The van der Waals surface area contributed by atoms with E-state index in [4.69, 9.17) is 4.74 Å². The highest BCUT2D eigenvalue weighted by Crippen LogP contribution is 2.30. The minimum Gasteiger partial charge on any atom is -0.381 e. The summed E-state index contributed by atoms with van der Waals surface area (Å²) >= 11 is 0. The Bertz CT molecular complexity index is 172. The van der Waals surface area contributed by atoms with Crippen molar-refractivity contribution in [3.8, 4) is 0 Å². The van der Waals surface area contributed by atoms with Crippen molar-refractivity contribution in [2.75, 3.05) is 45.9 Å². The van der Waals surface area contributed by atoms with Crippen LogP contribution >= 0.6 is 0 Å². The van der Waals surface area contributed by atoms with Gasteiger partial charge in [0.15, 0.2) is 0 Å². The lowest BCUT2D eigenvalue weighted by Crippen LogP contribution is -2.48. The van der Waals surface area contributed by atoms with Crippen LogP contribution in [0.5, 0.6) is 0 Å². The van der Waals surface area contributed by atoms with Crippen LogP contribution in [0.2, 0.25) is 0 Å². The zero-order valence-electron chi connectivity index (χ0n) is 9.22. The first-order valence-electron chi connectivity index (χ1n) is 5.79. The second-order valence-corrected chi connectivity index (χ2v) is 4.95. The van der Waals surface area contributed by atoms with E-state index in [2.05, 4.69) is 17.1 Å². The third kappa shape index (κ3) is 2.69. The summed E-state index contributed by atoms with van der Waals surface area (Å²) in [6.07, 6.45) is 2.47. The lowest BCUT2D eigenvalue weighted by Gasteiger charge is -2.39. The third-order valence-electron chi connectivity index (χ3n) is 3.51. The third-order valence-corrected chi connectivity index (χ3v) is 3.51. The van der Waals surface area contributed by atoms with Crippen LogP contribution in [0.15, 0.2) is 0 Å². The summed E-state index contributed by atoms with van der Waals surface area (Å²) in [6.45, 7) is 10.4. The van der Waals surface area contributed by atoms with Crippen molar-refractivity contribution < 1.29 is 4.74 Å². The number of nitrogens with zero attached hydrogens (tertiary/aromatic N) is 1. The van der Waals surface area contributed by atoms with Crippen LogP contribution in [-0.4, -0.2) is 50.8 Å². The fraction of sp³-hybridized carbons (Fsp3) is 1.00. The quantitative estimate of drug-likeness (QED) is 0.707. The van der Waals surface area contributed by atoms with Crippen molar-refractivity contribution in [3.63, 3.8) is 0 Å². The zero-order chi connectivity index (χ0) is 9.86. The Morgan fingerprint density at radius 1 is 1.21 bits per heavy atom. The van der Waals surface area contributed by atoms with Gasteiger partial charge in [0.05, 0.1) is 0 Å². The zero-order valence-corrected chi connectivity index (χ0v) is 9.22. The second-order valence-electron chi connectivity index (χ2n) is 4.95. The van der Waals surface area contributed by atoms with E-state index >= 15 is 0 Å². The first-order valence-corrected chi connectivity index (χ1v) is 5.79. The maximum atomic E-state index is 5.42. The first-order chi connectivity index (χ1) is 6.79. The molecule has 0 aromatic carbocycles. The molecule has 3 nitrogen and oxygen atoms in total. The van der Waals surface area contributed by atoms with Gasteiger partial charge in [-0.1, -0.05) is 6.92 Å². The van der Waals surface area contributed by atoms with Gasteiger partial charge in [-0.05, 0) is 18.3 Å². The van der Waals surface area contributed by atoms with E-state index in [0.29, 0.717) is 5.41 Å². The molecule has 82 valence electrons. The molecule has 2 fully saturated rings. The first kappa shape index (κ1) is 10.4. The molecule has 0 aromatic rings. The Hall–Kier alpha value is -0.120. The van der Waals surface area contributed by atoms with E-state index in [-0.39, 0.29) is 0 Å². The predicted octanol–water partition coefficient (Wildman–Crippen LogP) is 0.708. The normalized spacial score (nSPS) is 28.9. The Labute approximate surface area is 86.8 Å². The van der Waals surface area contributed by atoms with Gasteiger partial charge in [0.1, 0.15) is 0 Å². The van der Waals surface area contributed by atoms with Crippen LogP contribution < -0.4 is 5.32 Å². The van der Waals surface area contributed by atoms with Crippen LogP contribution in [0.1, 0.15) is 19.8 Å². The molecule has 2 aliphatic heterocycles. The summed E-state index contributed by atoms with van der Waals surface area (Å²) in [5.41, 5.74) is 0.510. The molecule has 2 rings (SSSR count). The van der Waals surface area contributed by atoms with Crippen LogP contribution in [0.4, 0.5) is 0 Å². The maximum Gasteiger partial charge on any atom is 0.0471 e. The molecule has 0 radical (unpaired) electrons. The highest BCUT2D eigenvalue weighted by molar-refractivity contribution is 4.82. The van der Waals surface area contributed by atoms with Crippen molar-refractivity contribution in [2.45, 2.75) is 19.8 Å². The molecule has 1 N–H and O–H groups in total. The van der Waals surface area contributed by atoms with Crippen LogP contribution in [0.25, 0.3) is 0 Å². The number of hydrogen-bond donors (Lipinski definition) is 1. The standard InChI is InChI=1S/C11H22N2O/c1-11(2-8-14-9-3-11)10-13-6-4-12-5-7-13/h12H,2-10H2,1H3. The molecule has 14 heavy (non-hydrogen) atoms. The number of rotatable bonds is 2. The molecule has 0 saturated carbocycles. The summed E-state index contributed by atoms with van der Waals surface area (Å²) in [5.74, 6) is 0. The Kier molecular flexibility index (Phi) is 3.42. The Morgan fingerprint density at radius 2 is 1.86 bits per heavy atom. The van der Waals surface area contributed by atoms with E-state index in [1.807, 2.05) is 0 Å². The molecule has 3 heteroatoms. The second kappa shape index (κ2) is 4.60. The summed E-state index contributed by atoms with van der Waals surface area (Å²) in [4.78, 5) is 2.60. The van der Waals surface area contributed by atoms with Gasteiger partial charge in [0.25, 0.3) is 0 Å². The summed E-state index contributed by atoms with van der Waals surface area (Å²) in [5, 5.41) is 3.40. The van der Waals surface area contributed by atoms with Crippen LogP contribution in [-0.2, 0) is 4.74 Å². The van der Waals surface area contributed by atoms with E-state index in [1.165, 1.54) is 32.5 Å². The van der Waals surface area contributed by atoms with Gasteiger partial charge in [0.2, 0.25) is 0 Å².